The zero-order valence-corrected chi connectivity index (χ0v) is 10.7. The Kier molecular flexibility index (Phi) is 5.64. The molecule has 0 spiro atoms. The number of halogens is 2. The van der Waals surface area contributed by atoms with Gasteiger partial charge >= 0.3 is 0 Å². The molecule has 1 rings (SSSR count). The predicted molar refractivity (Wildman–Crippen MR) is 68.3 cm³/mol. The van der Waals surface area contributed by atoms with E-state index in [1.165, 1.54) is 0 Å². The van der Waals surface area contributed by atoms with Gasteiger partial charge in [0.05, 0.1) is 0 Å². The number of nitrogens with one attached hydrogen (secondary N) is 1. The molecule has 0 saturated carbocycles. The van der Waals surface area contributed by atoms with Crippen LogP contribution in [0.3, 0.4) is 0 Å². The van der Waals surface area contributed by atoms with Gasteiger partial charge in [0.2, 0.25) is 0 Å². The van der Waals surface area contributed by atoms with Gasteiger partial charge in [-0.1, -0.05) is 11.6 Å². The number of rotatable bonds is 5. The summed E-state index contributed by atoms with van der Waals surface area (Å²) in [4.78, 5) is 11.6. The minimum atomic E-state index is -0.0705. The van der Waals surface area contributed by atoms with Crippen molar-refractivity contribution in [3.8, 4) is 0 Å². The van der Waals surface area contributed by atoms with Gasteiger partial charge in [-0.2, -0.15) is 0 Å². The van der Waals surface area contributed by atoms with Gasteiger partial charge in [0.15, 0.2) is 0 Å². The molecule has 0 fully saturated rings. The van der Waals surface area contributed by atoms with Crippen molar-refractivity contribution in [2.24, 2.45) is 0 Å². The topological polar surface area (TPSA) is 29.1 Å². The predicted octanol–water partition coefficient (Wildman–Crippen LogP) is 3.48. The fraction of sp³-hybridized carbons (Fsp3) is 0.417. The van der Waals surface area contributed by atoms with Crippen LogP contribution in [0.15, 0.2) is 24.3 Å². The molecule has 0 aliphatic heterocycles. The van der Waals surface area contributed by atoms with Crippen LogP contribution in [0.2, 0.25) is 5.02 Å². The molecule has 1 atom stereocenters. The molecular formula is C12H15Cl2NO. The quantitative estimate of drug-likeness (QED) is 0.637. The molecule has 1 unspecified atom stereocenters. The van der Waals surface area contributed by atoms with Crippen molar-refractivity contribution in [1.82, 2.24) is 5.32 Å². The normalized spacial score (nSPS) is 12.2. The molecule has 1 aromatic carbocycles. The number of hydrogen-bond donors (Lipinski definition) is 1. The van der Waals surface area contributed by atoms with E-state index in [1.54, 1.807) is 24.3 Å². The van der Waals surface area contributed by atoms with Crippen LogP contribution < -0.4 is 5.32 Å². The molecule has 2 nitrogen and oxygen atoms in total. The zero-order chi connectivity index (χ0) is 12.0. The molecule has 0 bridgehead atoms. The molecule has 0 heterocycles. The van der Waals surface area contributed by atoms with E-state index in [4.69, 9.17) is 23.2 Å². The van der Waals surface area contributed by atoms with Crippen LogP contribution in [0.1, 0.15) is 30.1 Å². The summed E-state index contributed by atoms with van der Waals surface area (Å²) >= 11 is 11.5. The highest BCUT2D eigenvalue weighted by Gasteiger charge is 2.04. The second-order valence-electron chi connectivity index (χ2n) is 3.69. The van der Waals surface area contributed by atoms with E-state index in [-0.39, 0.29) is 11.3 Å². The highest BCUT2D eigenvalue weighted by molar-refractivity contribution is 6.30. The molecule has 4 heteroatoms. The largest absolute Gasteiger partial charge is 0.352 e. The average molecular weight is 260 g/mol. The fourth-order valence-electron chi connectivity index (χ4n) is 1.29. The lowest BCUT2D eigenvalue weighted by Crippen LogP contribution is -2.24. The van der Waals surface area contributed by atoms with Crippen molar-refractivity contribution >= 4 is 29.1 Å². The fourth-order valence-corrected chi connectivity index (χ4v) is 1.57. The van der Waals surface area contributed by atoms with E-state index in [0.29, 0.717) is 17.1 Å². The molecule has 1 N–H and O–H groups in total. The van der Waals surface area contributed by atoms with E-state index >= 15 is 0 Å². The zero-order valence-electron chi connectivity index (χ0n) is 9.17. The summed E-state index contributed by atoms with van der Waals surface area (Å²) in [7, 11) is 0. The van der Waals surface area contributed by atoms with E-state index in [0.717, 1.165) is 12.8 Å². The first-order valence-corrected chi connectivity index (χ1v) is 6.09. The smallest absolute Gasteiger partial charge is 0.251 e. The molecule has 88 valence electrons. The maximum absolute atomic E-state index is 11.6. The molecule has 0 radical (unpaired) electrons. The van der Waals surface area contributed by atoms with Gasteiger partial charge < -0.3 is 5.32 Å². The maximum atomic E-state index is 11.6. The molecule has 1 amide bonds. The Hall–Kier alpha value is -0.730. The van der Waals surface area contributed by atoms with Gasteiger partial charge in [-0.3, -0.25) is 4.79 Å². The molecule has 0 aliphatic carbocycles. The highest BCUT2D eigenvalue weighted by atomic mass is 35.5. The Morgan fingerprint density at radius 3 is 2.56 bits per heavy atom. The summed E-state index contributed by atoms with van der Waals surface area (Å²) in [6, 6.07) is 6.83. The van der Waals surface area contributed by atoms with Crippen LogP contribution in [0, 0.1) is 0 Å². The number of alkyl halides is 1. The van der Waals surface area contributed by atoms with Crippen LogP contribution in [0.4, 0.5) is 0 Å². The van der Waals surface area contributed by atoms with Crippen LogP contribution in [-0.2, 0) is 0 Å². The van der Waals surface area contributed by atoms with Crippen molar-refractivity contribution in [2.75, 3.05) is 6.54 Å². The van der Waals surface area contributed by atoms with Crippen LogP contribution in [0.5, 0.6) is 0 Å². The van der Waals surface area contributed by atoms with Crippen molar-refractivity contribution in [1.29, 1.82) is 0 Å². The number of benzene rings is 1. The summed E-state index contributed by atoms with van der Waals surface area (Å²) < 4.78 is 0. The number of amides is 1. The van der Waals surface area contributed by atoms with Gasteiger partial charge in [-0.15, -0.1) is 11.6 Å². The van der Waals surface area contributed by atoms with E-state index in [1.807, 2.05) is 6.92 Å². The van der Waals surface area contributed by atoms with Crippen molar-refractivity contribution in [2.45, 2.75) is 25.1 Å². The Bertz CT molecular complexity index is 335. The van der Waals surface area contributed by atoms with Gasteiger partial charge in [-0.25, -0.2) is 0 Å². The van der Waals surface area contributed by atoms with Crippen molar-refractivity contribution in [3.05, 3.63) is 34.9 Å². The number of carbonyl (C=O) groups is 1. The Morgan fingerprint density at radius 1 is 1.38 bits per heavy atom. The highest BCUT2D eigenvalue weighted by Crippen LogP contribution is 2.09. The van der Waals surface area contributed by atoms with E-state index in [9.17, 15) is 4.79 Å². The average Bonchev–Trinajstić information content (AvgIpc) is 2.25. The third-order valence-electron chi connectivity index (χ3n) is 2.17. The third kappa shape index (κ3) is 4.86. The monoisotopic (exact) mass is 259 g/mol. The second-order valence-corrected chi connectivity index (χ2v) is 4.87. The van der Waals surface area contributed by atoms with E-state index < -0.39 is 0 Å². The molecule has 16 heavy (non-hydrogen) atoms. The van der Waals surface area contributed by atoms with Crippen molar-refractivity contribution in [3.63, 3.8) is 0 Å². The van der Waals surface area contributed by atoms with Gasteiger partial charge in [-0.05, 0) is 44.0 Å². The van der Waals surface area contributed by atoms with Crippen LogP contribution in [-0.4, -0.2) is 17.8 Å². The summed E-state index contributed by atoms with van der Waals surface area (Å²) in [6.45, 7) is 2.60. The summed E-state index contributed by atoms with van der Waals surface area (Å²) in [6.07, 6.45) is 1.80. The van der Waals surface area contributed by atoms with Crippen LogP contribution in [0.25, 0.3) is 0 Å². The minimum Gasteiger partial charge on any atom is -0.352 e. The lowest BCUT2D eigenvalue weighted by Gasteiger charge is -2.06. The summed E-state index contributed by atoms with van der Waals surface area (Å²) in [5.41, 5.74) is 0.628. The van der Waals surface area contributed by atoms with Gasteiger partial charge in [0, 0.05) is 22.5 Å². The maximum Gasteiger partial charge on any atom is 0.251 e. The van der Waals surface area contributed by atoms with Crippen LogP contribution >= 0.6 is 23.2 Å². The molecular weight excluding hydrogens is 245 g/mol. The SMILES string of the molecule is CC(Cl)CCCNC(=O)c1ccc(Cl)cc1. The second kappa shape index (κ2) is 6.77. The standard InChI is InChI=1S/C12H15Cl2NO/c1-9(13)3-2-8-15-12(16)10-4-6-11(14)7-5-10/h4-7,9H,2-3,8H2,1H3,(H,15,16). The van der Waals surface area contributed by atoms with Gasteiger partial charge in [0.25, 0.3) is 5.91 Å². The Labute approximate surface area is 106 Å². The lowest BCUT2D eigenvalue weighted by molar-refractivity contribution is 0.0953. The van der Waals surface area contributed by atoms with E-state index in [2.05, 4.69) is 5.32 Å². The Balaban J connectivity index is 2.32. The first-order chi connectivity index (χ1) is 7.59. The molecule has 0 saturated heterocycles. The minimum absolute atomic E-state index is 0.0705. The summed E-state index contributed by atoms with van der Waals surface area (Å²) in [5, 5.41) is 3.62. The van der Waals surface area contributed by atoms with Gasteiger partial charge in [0.1, 0.15) is 0 Å². The number of carbonyl (C=O) groups excluding carboxylic acids is 1. The first-order valence-electron chi connectivity index (χ1n) is 5.27. The van der Waals surface area contributed by atoms with Crippen molar-refractivity contribution < 1.29 is 4.79 Å². The third-order valence-corrected chi connectivity index (χ3v) is 2.64. The summed E-state index contributed by atoms with van der Waals surface area (Å²) in [5.74, 6) is -0.0705. The first kappa shape index (κ1) is 13.3. The lowest BCUT2D eigenvalue weighted by atomic mass is 10.2. The Morgan fingerprint density at radius 2 is 2.00 bits per heavy atom. The molecule has 0 aliphatic rings. The molecule has 0 aromatic heterocycles. The number of hydrogen-bond acceptors (Lipinski definition) is 1. The molecule has 1 aromatic rings.